The van der Waals surface area contributed by atoms with Crippen molar-refractivity contribution in [2.75, 3.05) is 14.2 Å². The SMILES string of the molecule is COC1(OC)CCC(C#N)CC1. The number of hydrogen-bond acceptors (Lipinski definition) is 3. The van der Waals surface area contributed by atoms with Crippen LogP contribution in [-0.2, 0) is 9.47 Å². The van der Waals surface area contributed by atoms with Crippen LogP contribution in [0.3, 0.4) is 0 Å². The standard InChI is InChI=1S/C9H15NO2/c1-11-9(12-2)5-3-8(7-10)4-6-9/h8H,3-6H2,1-2H3. The van der Waals surface area contributed by atoms with Crippen LogP contribution >= 0.6 is 0 Å². The lowest BCUT2D eigenvalue weighted by molar-refractivity contribution is -0.225. The van der Waals surface area contributed by atoms with Crippen molar-refractivity contribution in [3.63, 3.8) is 0 Å². The molecule has 1 fully saturated rings. The van der Waals surface area contributed by atoms with Crippen molar-refractivity contribution >= 4 is 0 Å². The van der Waals surface area contributed by atoms with Crippen molar-refractivity contribution in [2.24, 2.45) is 5.92 Å². The van der Waals surface area contributed by atoms with Gasteiger partial charge in [0.25, 0.3) is 0 Å². The van der Waals surface area contributed by atoms with Crippen LogP contribution in [-0.4, -0.2) is 20.0 Å². The minimum absolute atomic E-state index is 0.198. The van der Waals surface area contributed by atoms with Gasteiger partial charge in [-0.15, -0.1) is 0 Å². The fourth-order valence-corrected chi connectivity index (χ4v) is 1.68. The normalized spacial score (nSPS) is 23.4. The molecule has 0 unspecified atom stereocenters. The highest BCUT2D eigenvalue weighted by molar-refractivity contribution is 4.90. The predicted octanol–water partition coefficient (Wildman–Crippen LogP) is 1.69. The van der Waals surface area contributed by atoms with E-state index in [0.717, 1.165) is 25.7 Å². The largest absolute Gasteiger partial charge is 0.353 e. The first kappa shape index (κ1) is 9.50. The van der Waals surface area contributed by atoms with Gasteiger partial charge in [-0.25, -0.2) is 0 Å². The fraction of sp³-hybridized carbons (Fsp3) is 0.889. The van der Waals surface area contributed by atoms with Gasteiger partial charge in [0.1, 0.15) is 0 Å². The smallest absolute Gasteiger partial charge is 0.167 e. The first-order chi connectivity index (χ1) is 5.76. The highest BCUT2D eigenvalue weighted by atomic mass is 16.7. The summed E-state index contributed by atoms with van der Waals surface area (Å²) in [5.74, 6) is -0.212. The van der Waals surface area contributed by atoms with Crippen molar-refractivity contribution < 1.29 is 9.47 Å². The maximum atomic E-state index is 8.68. The maximum Gasteiger partial charge on any atom is 0.167 e. The van der Waals surface area contributed by atoms with E-state index in [1.807, 2.05) is 0 Å². The number of rotatable bonds is 2. The van der Waals surface area contributed by atoms with Crippen molar-refractivity contribution in [3.8, 4) is 6.07 Å². The summed E-state index contributed by atoms with van der Waals surface area (Å²) < 4.78 is 10.6. The quantitative estimate of drug-likeness (QED) is 0.591. The molecule has 1 saturated carbocycles. The van der Waals surface area contributed by atoms with E-state index in [4.69, 9.17) is 14.7 Å². The minimum Gasteiger partial charge on any atom is -0.353 e. The number of methoxy groups -OCH3 is 2. The van der Waals surface area contributed by atoms with Crippen LogP contribution in [0.1, 0.15) is 25.7 Å². The molecule has 68 valence electrons. The van der Waals surface area contributed by atoms with Gasteiger partial charge in [-0.1, -0.05) is 0 Å². The molecule has 0 aliphatic heterocycles. The summed E-state index contributed by atoms with van der Waals surface area (Å²) in [6, 6.07) is 2.28. The van der Waals surface area contributed by atoms with Crippen LogP contribution in [0, 0.1) is 17.2 Å². The summed E-state index contributed by atoms with van der Waals surface area (Å²) >= 11 is 0. The predicted molar refractivity (Wildman–Crippen MR) is 44.3 cm³/mol. The molecular formula is C9H15NO2. The molecule has 0 radical (unpaired) electrons. The number of ether oxygens (including phenoxy) is 2. The lowest BCUT2D eigenvalue weighted by Gasteiger charge is -2.35. The Balaban J connectivity index is 2.49. The lowest BCUT2D eigenvalue weighted by atomic mass is 9.86. The Morgan fingerprint density at radius 1 is 1.25 bits per heavy atom. The van der Waals surface area contributed by atoms with Gasteiger partial charge in [-0.05, 0) is 12.8 Å². The first-order valence-corrected chi connectivity index (χ1v) is 4.26. The lowest BCUT2D eigenvalue weighted by Crippen LogP contribution is -2.37. The van der Waals surface area contributed by atoms with E-state index < -0.39 is 5.79 Å². The molecule has 0 N–H and O–H groups in total. The van der Waals surface area contributed by atoms with E-state index >= 15 is 0 Å². The Morgan fingerprint density at radius 3 is 2.08 bits per heavy atom. The molecule has 1 rings (SSSR count). The van der Waals surface area contributed by atoms with Gasteiger partial charge in [0.15, 0.2) is 5.79 Å². The minimum atomic E-state index is -0.409. The monoisotopic (exact) mass is 169 g/mol. The maximum absolute atomic E-state index is 8.68. The second-order valence-electron chi connectivity index (χ2n) is 3.22. The summed E-state index contributed by atoms with van der Waals surface area (Å²) in [6.45, 7) is 0. The van der Waals surface area contributed by atoms with Gasteiger partial charge >= 0.3 is 0 Å². The molecule has 0 aromatic carbocycles. The van der Waals surface area contributed by atoms with Crippen molar-refractivity contribution in [2.45, 2.75) is 31.5 Å². The fourth-order valence-electron chi connectivity index (χ4n) is 1.68. The van der Waals surface area contributed by atoms with Crippen molar-refractivity contribution in [1.82, 2.24) is 0 Å². The summed E-state index contributed by atoms with van der Waals surface area (Å²) in [7, 11) is 3.33. The van der Waals surface area contributed by atoms with Gasteiger partial charge < -0.3 is 9.47 Å². The summed E-state index contributed by atoms with van der Waals surface area (Å²) in [6.07, 6.45) is 3.44. The molecule has 1 aliphatic rings. The van der Waals surface area contributed by atoms with E-state index in [0.29, 0.717) is 0 Å². The Morgan fingerprint density at radius 2 is 1.75 bits per heavy atom. The van der Waals surface area contributed by atoms with Crippen LogP contribution in [0.25, 0.3) is 0 Å². The summed E-state index contributed by atoms with van der Waals surface area (Å²) in [5.41, 5.74) is 0. The van der Waals surface area contributed by atoms with E-state index in [1.165, 1.54) is 0 Å². The molecule has 3 heteroatoms. The Hall–Kier alpha value is -0.590. The number of nitrogens with zero attached hydrogens (tertiary/aromatic N) is 1. The van der Waals surface area contributed by atoms with Gasteiger partial charge in [-0.2, -0.15) is 5.26 Å². The third-order valence-corrected chi connectivity index (χ3v) is 2.67. The highest BCUT2D eigenvalue weighted by Crippen LogP contribution is 2.34. The highest BCUT2D eigenvalue weighted by Gasteiger charge is 2.35. The zero-order valence-corrected chi connectivity index (χ0v) is 7.67. The third-order valence-electron chi connectivity index (χ3n) is 2.67. The van der Waals surface area contributed by atoms with Crippen LogP contribution in [0.15, 0.2) is 0 Å². The number of hydrogen-bond donors (Lipinski definition) is 0. The van der Waals surface area contributed by atoms with Crippen LogP contribution in [0.5, 0.6) is 0 Å². The Labute approximate surface area is 73.3 Å². The molecule has 0 heterocycles. The van der Waals surface area contributed by atoms with Gasteiger partial charge in [0, 0.05) is 33.0 Å². The second kappa shape index (κ2) is 3.88. The Kier molecular flexibility index (Phi) is 3.07. The third kappa shape index (κ3) is 1.77. The molecule has 0 atom stereocenters. The van der Waals surface area contributed by atoms with Gasteiger partial charge in [0.2, 0.25) is 0 Å². The Bertz CT molecular complexity index is 171. The molecule has 0 aromatic heterocycles. The van der Waals surface area contributed by atoms with E-state index in [1.54, 1.807) is 14.2 Å². The van der Waals surface area contributed by atoms with Crippen molar-refractivity contribution in [3.05, 3.63) is 0 Å². The summed E-state index contributed by atoms with van der Waals surface area (Å²) in [5, 5.41) is 8.68. The average molecular weight is 169 g/mol. The first-order valence-electron chi connectivity index (χ1n) is 4.26. The van der Waals surface area contributed by atoms with Crippen LogP contribution in [0.2, 0.25) is 0 Å². The van der Waals surface area contributed by atoms with E-state index in [9.17, 15) is 0 Å². The topological polar surface area (TPSA) is 42.2 Å². The zero-order valence-electron chi connectivity index (χ0n) is 7.67. The molecular weight excluding hydrogens is 154 g/mol. The van der Waals surface area contributed by atoms with E-state index in [2.05, 4.69) is 6.07 Å². The van der Waals surface area contributed by atoms with Crippen LogP contribution in [0.4, 0.5) is 0 Å². The molecule has 1 aliphatic carbocycles. The summed E-state index contributed by atoms with van der Waals surface area (Å²) in [4.78, 5) is 0. The molecule has 12 heavy (non-hydrogen) atoms. The molecule has 0 bridgehead atoms. The van der Waals surface area contributed by atoms with Gasteiger partial charge in [-0.3, -0.25) is 0 Å². The van der Waals surface area contributed by atoms with Crippen LogP contribution < -0.4 is 0 Å². The average Bonchev–Trinajstić information content (AvgIpc) is 2.18. The molecule has 3 nitrogen and oxygen atoms in total. The van der Waals surface area contributed by atoms with Crippen molar-refractivity contribution in [1.29, 1.82) is 5.26 Å². The molecule has 0 saturated heterocycles. The zero-order chi connectivity index (χ0) is 9.03. The number of nitriles is 1. The van der Waals surface area contributed by atoms with E-state index in [-0.39, 0.29) is 5.92 Å². The van der Waals surface area contributed by atoms with Gasteiger partial charge in [0.05, 0.1) is 6.07 Å². The molecule has 0 spiro atoms. The second-order valence-corrected chi connectivity index (χ2v) is 3.22. The molecule has 0 aromatic rings. The molecule has 0 amide bonds.